The SMILES string of the molecule is CO[C@H]1[C@@H](O)[C@@H](C)O[C@@H](O[C@H]2[C@@H](OC)C[C@H](O[C@H]3[C@@H](OC)C[C@H](O[C@H]4[C@@H](OC)C[C@H](O[C@H]([C@@H]5OC5=O)[C@@H](CC(=O)O)OC)O[C@@H]4C)O[C@@H]3C)O[C@@H]2C)[C@@H]1OC(C)=O. The van der Waals surface area contributed by atoms with Crippen molar-refractivity contribution in [2.24, 2.45) is 0 Å². The Bertz CT molecular complexity index is 1320. The number of aliphatic hydroxyl groups excluding tert-OH is 1. The second-order valence-electron chi connectivity index (χ2n) is 14.9. The second-order valence-corrected chi connectivity index (χ2v) is 14.9. The number of hydrogen-bond acceptors (Lipinski definition) is 19. The lowest BCUT2D eigenvalue weighted by molar-refractivity contribution is -0.356. The van der Waals surface area contributed by atoms with Gasteiger partial charge in [0, 0.05) is 61.7 Å². The van der Waals surface area contributed by atoms with Gasteiger partial charge >= 0.3 is 17.9 Å². The Morgan fingerprint density at radius 3 is 1.58 bits per heavy atom. The van der Waals surface area contributed by atoms with E-state index < -0.39 is 147 Å². The highest BCUT2D eigenvalue weighted by Gasteiger charge is 2.54. The van der Waals surface area contributed by atoms with Gasteiger partial charge in [0.15, 0.2) is 31.3 Å². The van der Waals surface area contributed by atoms with E-state index in [0.29, 0.717) is 6.42 Å². The molecule has 328 valence electrons. The van der Waals surface area contributed by atoms with Crippen LogP contribution in [0.5, 0.6) is 0 Å². The number of carbonyl (C=O) groups excluding carboxylic acids is 2. The minimum Gasteiger partial charge on any atom is -0.481 e. The fourth-order valence-electron chi connectivity index (χ4n) is 8.06. The molecule has 5 rings (SSSR count). The van der Waals surface area contributed by atoms with E-state index in [1.165, 1.54) is 28.3 Å². The van der Waals surface area contributed by atoms with Crippen LogP contribution in [0.15, 0.2) is 0 Å². The second kappa shape index (κ2) is 20.4. The molecule has 5 aliphatic heterocycles. The molecule has 2 N–H and O–H groups in total. The minimum absolute atomic E-state index is 0.196. The Morgan fingerprint density at radius 2 is 1.16 bits per heavy atom. The lowest BCUT2D eigenvalue weighted by atomic mass is 9.97. The van der Waals surface area contributed by atoms with Crippen LogP contribution in [0.3, 0.4) is 0 Å². The molecule has 0 aromatic rings. The van der Waals surface area contributed by atoms with Crippen molar-refractivity contribution in [3.8, 4) is 0 Å². The average Bonchev–Trinajstić information content (AvgIpc) is 3.89. The highest BCUT2D eigenvalue weighted by molar-refractivity contribution is 5.88. The fourth-order valence-corrected chi connectivity index (χ4v) is 8.06. The van der Waals surface area contributed by atoms with E-state index in [4.69, 9.17) is 71.1 Å². The molecule has 5 saturated heterocycles. The van der Waals surface area contributed by atoms with E-state index in [-0.39, 0.29) is 12.8 Å². The molecule has 0 radical (unpaired) electrons. The minimum atomic E-state index is -1.12. The zero-order valence-electron chi connectivity index (χ0n) is 34.1. The third-order valence-corrected chi connectivity index (χ3v) is 11.1. The van der Waals surface area contributed by atoms with Gasteiger partial charge in [-0.1, -0.05) is 0 Å². The topological polar surface area (TPSA) is 233 Å². The van der Waals surface area contributed by atoms with Gasteiger partial charge in [0.2, 0.25) is 6.10 Å². The quantitative estimate of drug-likeness (QED) is 0.141. The summed E-state index contributed by atoms with van der Waals surface area (Å²) in [6, 6.07) is 0. The molecular weight excluding hydrogens is 764 g/mol. The van der Waals surface area contributed by atoms with Crippen LogP contribution < -0.4 is 0 Å². The molecule has 20 atom stereocenters. The molecule has 5 heterocycles. The first-order chi connectivity index (χ1) is 27.1. The van der Waals surface area contributed by atoms with Crippen LogP contribution in [0.25, 0.3) is 0 Å². The van der Waals surface area contributed by atoms with Crippen LogP contribution in [-0.4, -0.2) is 186 Å². The summed E-state index contributed by atoms with van der Waals surface area (Å²) in [5, 5.41) is 20.0. The van der Waals surface area contributed by atoms with Gasteiger partial charge in [-0.2, -0.15) is 0 Å². The molecule has 0 unspecified atom stereocenters. The first-order valence-corrected chi connectivity index (χ1v) is 19.3. The summed E-state index contributed by atoms with van der Waals surface area (Å²) in [6.45, 7) is 8.37. The third kappa shape index (κ3) is 11.2. The standard InChI is InChI=1S/C37H60O20/c1-15-28(41)33(47-10)35(52-19(5)38)37(51-15)57-31-18(4)50-26(14-23(31)46-9)54-29-16(2)48-25(12-21(29)44-7)53-30-17(3)49-27(13-22(30)45-8)55-32(34-36(42)56-34)20(43-6)11-24(39)40/h15-18,20-23,25-35,37,41H,11-14H2,1-10H3,(H,39,40)/t15-,16-,17-,18-,20-,21+,22+,23+,25+,26+,27+,28+,29-,30-,31-,32+,33+,34+,35-,37+/m1/s1. The van der Waals surface area contributed by atoms with Crippen LogP contribution in [0, 0.1) is 0 Å². The Morgan fingerprint density at radius 1 is 0.684 bits per heavy atom. The van der Waals surface area contributed by atoms with E-state index in [0.717, 1.165) is 0 Å². The maximum atomic E-state index is 12.0. The molecule has 0 aromatic carbocycles. The fraction of sp³-hybridized carbons (Fsp3) is 0.919. The van der Waals surface area contributed by atoms with Crippen molar-refractivity contribution in [3.63, 3.8) is 0 Å². The zero-order chi connectivity index (χ0) is 41.7. The van der Waals surface area contributed by atoms with E-state index >= 15 is 0 Å². The summed E-state index contributed by atoms with van der Waals surface area (Å²) in [5.74, 6) is -2.22. The zero-order valence-corrected chi connectivity index (χ0v) is 34.1. The number of cyclic esters (lactones) is 1. The van der Waals surface area contributed by atoms with Crippen molar-refractivity contribution in [3.05, 3.63) is 0 Å². The lowest BCUT2D eigenvalue weighted by Crippen LogP contribution is -2.62. The molecule has 20 heteroatoms. The van der Waals surface area contributed by atoms with Gasteiger partial charge in [-0.05, 0) is 27.7 Å². The average molecular weight is 825 g/mol. The van der Waals surface area contributed by atoms with Crippen molar-refractivity contribution >= 4 is 17.9 Å². The number of epoxide rings is 1. The molecule has 0 saturated carbocycles. The first-order valence-electron chi connectivity index (χ1n) is 19.3. The van der Waals surface area contributed by atoms with Gasteiger partial charge < -0.3 is 81.3 Å². The molecule has 0 aromatic heterocycles. The summed E-state index contributed by atoms with van der Waals surface area (Å²) in [7, 11) is 7.41. The number of carboxylic acids is 1. The largest absolute Gasteiger partial charge is 0.481 e. The number of ether oxygens (including phenoxy) is 15. The summed E-state index contributed by atoms with van der Waals surface area (Å²) in [5.41, 5.74) is 0. The first kappa shape index (κ1) is 45.9. The predicted octanol–water partition coefficient (Wildman–Crippen LogP) is 0.444. The van der Waals surface area contributed by atoms with Crippen LogP contribution in [0.2, 0.25) is 0 Å². The van der Waals surface area contributed by atoms with E-state index in [1.54, 1.807) is 35.0 Å². The van der Waals surface area contributed by atoms with Crippen LogP contribution >= 0.6 is 0 Å². The molecule has 0 aliphatic carbocycles. The Labute approximate surface area is 332 Å². The number of methoxy groups -OCH3 is 5. The van der Waals surface area contributed by atoms with Gasteiger partial charge in [0.1, 0.15) is 36.6 Å². The number of aliphatic carboxylic acids is 1. The predicted molar refractivity (Wildman–Crippen MR) is 188 cm³/mol. The van der Waals surface area contributed by atoms with E-state index in [2.05, 4.69) is 0 Å². The van der Waals surface area contributed by atoms with Crippen LogP contribution in [0.1, 0.15) is 60.3 Å². The molecule has 0 amide bonds. The third-order valence-electron chi connectivity index (χ3n) is 11.1. The van der Waals surface area contributed by atoms with Crippen molar-refractivity contribution in [1.29, 1.82) is 0 Å². The van der Waals surface area contributed by atoms with Crippen LogP contribution in [0.4, 0.5) is 0 Å². The van der Waals surface area contributed by atoms with Gasteiger partial charge in [0.25, 0.3) is 0 Å². The summed E-state index contributed by atoms with van der Waals surface area (Å²) in [4.78, 5) is 35.3. The Balaban J connectivity index is 1.17. The smallest absolute Gasteiger partial charge is 0.351 e. The van der Waals surface area contributed by atoms with Crippen LogP contribution in [-0.2, 0) is 85.4 Å². The van der Waals surface area contributed by atoms with Gasteiger partial charge in [-0.25, -0.2) is 4.79 Å². The maximum Gasteiger partial charge on any atom is 0.351 e. The monoisotopic (exact) mass is 824 g/mol. The molecule has 20 nitrogen and oxygen atoms in total. The highest BCUT2D eigenvalue weighted by Crippen LogP contribution is 2.37. The number of esters is 1. The van der Waals surface area contributed by atoms with E-state index in [9.17, 15) is 24.6 Å². The number of carboxylic acid groups (broad SMARTS) is 1. The van der Waals surface area contributed by atoms with Gasteiger partial charge in [0.05, 0.1) is 55.3 Å². The Kier molecular flexibility index (Phi) is 16.4. The van der Waals surface area contributed by atoms with Gasteiger partial charge in [-0.15, -0.1) is 0 Å². The number of carbonyl (C=O) groups is 3. The molecule has 5 aliphatic rings. The molecule has 5 fully saturated rings. The summed E-state index contributed by atoms with van der Waals surface area (Å²) in [6.07, 6.45) is -14.7. The Hall–Kier alpha value is -2.15. The van der Waals surface area contributed by atoms with Gasteiger partial charge in [-0.3, -0.25) is 9.59 Å². The van der Waals surface area contributed by atoms with Crippen molar-refractivity contribution < 1.29 is 95.6 Å². The number of rotatable bonds is 18. The highest BCUT2D eigenvalue weighted by atomic mass is 16.8. The molecule has 0 spiro atoms. The maximum absolute atomic E-state index is 12.0. The number of aliphatic hydroxyl groups is 1. The summed E-state index contributed by atoms with van der Waals surface area (Å²) < 4.78 is 89.0. The number of hydrogen-bond donors (Lipinski definition) is 2. The summed E-state index contributed by atoms with van der Waals surface area (Å²) >= 11 is 0. The van der Waals surface area contributed by atoms with Crippen molar-refractivity contribution in [1.82, 2.24) is 0 Å². The molecule has 0 bridgehead atoms. The van der Waals surface area contributed by atoms with Crippen molar-refractivity contribution in [2.45, 2.75) is 183 Å². The molecular formula is C37H60O20. The normalized spacial score (nSPS) is 43.5. The van der Waals surface area contributed by atoms with E-state index in [1.807, 2.05) is 6.92 Å². The lowest BCUT2D eigenvalue weighted by Gasteiger charge is -2.47. The molecule has 57 heavy (non-hydrogen) atoms. The van der Waals surface area contributed by atoms with Crippen molar-refractivity contribution in [2.75, 3.05) is 35.5 Å².